The van der Waals surface area contributed by atoms with Crippen LogP contribution in [0.25, 0.3) is 49.9 Å². The zero-order valence-electron chi connectivity index (χ0n) is 35.7. The molecular formula is C55H51N4Pt-3. The summed E-state index contributed by atoms with van der Waals surface area (Å²) in [5, 5.41) is 2.35. The summed E-state index contributed by atoms with van der Waals surface area (Å²) in [7, 11) is 0. The zero-order valence-corrected chi connectivity index (χ0v) is 38.0. The van der Waals surface area contributed by atoms with E-state index in [1.54, 1.807) is 0 Å². The average molecular weight is 963 g/mol. The Morgan fingerprint density at radius 1 is 0.533 bits per heavy atom. The van der Waals surface area contributed by atoms with Crippen LogP contribution >= 0.6 is 0 Å². The van der Waals surface area contributed by atoms with Crippen molar-refractivity contribution in [2.24, 2.45) is 0 Å². The second-order valence-electron chi connectivity index (χ2n) is 18.4. The number of fused-ring (bicyclic) bond motifs is 3. The molecule has 0 atom stereocenters. The number of hydrogen-bond donors (Lipinski definition) is 0. The fourth-order valence-corrected chi connectivity index (χ4v) is 8.19. The predicted octanol–water partition coefficient (Wildman–Crippen LogP) is 13.9. The molecule has 0 spiro atoms. The number of pyridine rings is 1. The fraction of sp³-hybridized carbons (Fsp3) is 0.200. The van der Waals surface area contributed by atoms with E-state index in [4.69, 9.17) is 4.98 Å². The third-order valence-electron chi connectivity index (χ3n) is 11.9. The van der Waals surface area contributed by atoms with Gasteiger partial charge in [0.15, 0.2) is 0 Å². The Hall–Kier alpha value is -5.70. The van der Waals surface area contributed by atoms with Crippen molar-refractivity contribution in [3.63, 3.8) is 0 Å². The molecule has 0 fully saturated rings. The Balaban J connectivity index is 0.00000499. The summed E-state index contributed by atoms with van der Waals surface area (Å²) in [5.74, 6) is 0.902. The maximum atomic E-state index is 4.93. The number of nitrogens with zero attached hydrogens (tertiary/aromatic N) is 4. The first-order valence-electron chi connectivity index (χ1n) is 20.6. The number of anilines is 2. The van der Waals surface area contributed by atoms with Crippen LogP contribution in [0.1, 0.15) is 77.6 Å². The molecule has 8 aromatic rings. The van der Waals surface area contributed by atoms with Crippen LogP contribution in [0.4, 0.5) is 11.4 Å². The molecule has 0 bridgehead atoms. The van der Waals surface area contributed by atoms with Crippen LogP contribution in [0.2, 0.25) is 0 Å². The third kappa shape index (κ3) is 7.63. The summed E-state index contributed by atoms with van der Waals surface area (Å²) in [6, 6.07) is 58.1. The van der Waals surface area contributed by atoms with Crippen LogP contribution in [0.5, 0.6) is 0 Å². The van der Waals surface area contributed by atoms with Gasteiger partial charge in [-0.05, 0) is 86.6 Å². The first-order chi connectivity index (χ1) is 28.3. The Bertz CT molecular complexity index is 2860. The van der Waals surface area contributed by atoms with Gasteiger partial charge >= 0.3 is 0 Å². The molecule has 4 nitrogen and oxygen atoms in total. The van der Waals surface area contributed by atoms with Gasteiger partial charge in [-0.25, -0.2) is 4.98 Å². The number of aromatic nitrogens is 2. The summed E-state index contributed by atoms with van der Waals surface area (Å²) >= 11 is 0. The molecule has 0 unspecified atom stereocenters. The van der Waals surface area contributed by atoms with Crippen molar-refractivity contribution in [3.05, 3.63) is 199 Å². The molecule has 5 heteroatoms. The minimum Gasteiger partial charge on any atom is -0.500 e. The monoisotopic (exact) mass is 962 g/mol. The van der Waals surface area contributed by atoms with Gasteiger partial charge in [-0.2, -0.15) is 41.5 Å². The SMILES string of the molecule is CC(C)(C)c1ccnc(-n2c3[c-]c(C(C)(C)c4[c-]c(N5C=CN(c6ccc(C(C)(C)C)cc6-c6ccccc6)[CH-]5)cc(-c5ccccc5)c4)ccc3c3ccccc32)c1.[Pt]. The van der Waals surface area contributed by atoms with E-state index in [1.165, 1.54) is 27.6 Å². The number of para-hydroxylation sites is 1. The second-order valence-corrected chi connectivity index (χ2v) is 18.4. The molecule has 1 aliphatic rings. The van der Waals surface area contributed by atoms with Crippen molar-refractivity contribution >= 4 is 33.2 Å². The van der Waals surface area contributed by atoms with Crippen molar-refractivity contribution in [2.75, 3.05) is 9.80 Å². The van der Waals surface area contributed by atoms with E-state index >= 15 is 0 Å². The molecule has 0 radical (unpaired) electrons. The first-order valence-corrected chi connectivity index (χ1v) is 20.6. The summed E-state index contributed by atoms with van der Waals surface area (Å²) in [6.45, 7) is 20.3. The van der Waals surface area contributed by atoms with Gasteiger partial charge in [0.25, 0.3) is 0 Å². The first kappa shape index (κ1) is 41.1. The fourth-order valence-electron chi connectivity index (χ4n) is 8.19. The van der Waals surface area contributed by atoms with E-state index in [2.05, 4.69) is 240 Å². The quantitative estimate of drug-likeness (QED) is 0.149. The number of rotatable bonds is 7. The molecule has 9 rings (SSSR count). The van der Waals surface area contributed by atoms with Crippen LogP contribution < -0.4 is 9.80 Å². The van der Waals surface area contributed by atoms with E-state index in [0.29, 0.717) is 0 Å². The van der Waals surface area contributed by atoms with Crippen molar-refractivity contribution in [2.45, 2.75) is 71.6 Å². The Kier molecular flexibility index (Phi) is 10.8. The average Bonchev–Trinajstić information content (AvgIpc) is 3.87. The van der Waals surface area contributed by atoms with Gasteiger partial charge in [0.1, 0.15) is 5.82 Å². The normalized spacial score (nSPS) is 13.3. The molecule has 304 valence electrons. The molecule has 1 aliphatic heterocycles. The van der Waals surface area contributed by atoms with E-state index in [0.717, 1.165) is 55.9 Å². The Morgan fingerprint density at radius 2 is 1.18 bits per heavy atom. The summed E-state index contributed by atoms with van der Waals surface area (Å²) < 4.78 is 2.28. The maximum Gasteiger partial charge on any atom is 0.135 e. The van der Waals surface area contributed by atoms with E-state index in [9.17, 15) is 0 Å². The van der Waals surface area contributed by atoms with Gasteiger partial charge < -0.3 is 14.4 Å². The standard InChI is InChI=1S/C55H51N4.Pt/c1-53(2,3)41-24-26-49(48(34-41)39-19-13-10-14-20-39)58-30-29-57(37-58)45-32-40(38-17-11-9-12-18-38)31-44(33-45)55(7,8)43-23-25-47-46-21-15-16-22-50(46)59(51(47)35-43)52-36-42(27-28-56-52)54(4,5)6;/h9-32,34,36-37H,1-8H3;/q-3;. The Labute approximate surface area is 370 Å². The van der Waals surface area contributed by atoms with E-state index in [1.807, 2.05) is 6.20 Å². The smallest absolute Gasteiger partial charge is 0.135 e. The maximum absolute atomic E-state index is 4.93. The van der Waals surface area contributed by atoms with Crippen LogP contribution in [-0.2, 0) is 37.3 Å². The summed E-state index contributed by atoms with van der Waals surface area (Å²) in [4.78, 5) is 9.35. The second kappa shape index (κ2) is 15.7. The van der Waals surface area contributed by atoms with Gasteiger partial charge in [-0.15, -0.1) is 29.4 Å². The molecule has 60 heavy (non-hydrogen) atoms. The van der Waals surface area contributed by atoms with Crippen LogP contribution in [0.15, 0.2) is 158 Å². The van der Waals surface area contributed by atoms with Crippen LogP contribution in [0.3, 0.4) is 0 Å². The minimum absolute atomic E-state index is 0. The Morgan fingerprint density at radius 3 is 1.90 bits per heavy atom. The van der Waals surface area contributed by atoms with Gasteiger partial charge in [-0.3, -0.25) is 0 Å². The molecular weight excluding hydrogens is 912 g/mol. The van der Waals surface area contributed by atoms with Gasteiger partial charge in [0.2, 0.25) is 0 Å². The van der Waals surface area contributed by atoms with Gasteiger partial charge in [-0.1, -0.05) is 146 Å². The predicted molar refractivity (Wildman–Crippen MR) is 248 cm³/mol. The molecule has 0 saturated carbocycles. The van der Waals surface area contributed by atoms with E-state index in [-0.39, 0.29) is 31.9 Å². The zero-order chi connectivity index (χ0) is 41.1. The molecule has 0 aliphatic carbocycles. The summed E-state index contributed by atoms with van der Waals surface area (Å²) in [6.07, 6.45) is 6.22. The minimum atomic E-state index is -0.456. The van der Waals surface area contributed by atoms with Crippen LogP contribution in [0, 0.1) is 18.8 Å². The molecule has 0 amide bonds. The molecule has 0 saturated heterocycles. The largest absolute Gasteiger partial charge is 0.500 e. The van der Waals surface area contributed by atoms with Crippen molar-refractivity contribution < 1.29 is 21.1 Å². The third-order valence-corrected chi connectivity index (χ3v) is 11.9. The van der Waals surface area contributed by atoms with Crippen molar-refractivity contribution in [1.82, 2.24) is 9.55 Å². The van der Waals surface area contributed by atoms with E-state index < -0.39 is 5.41 Å². The molecule has 0 N–H and O–H groups in total. The van der Waals surface area contributed by atoms with Crippen LogP contribution in [-0.4, -0.2) is 9.55 Å². The number of hydrogen-bond acceptors (Lipinski definition) is 3. The van der Waals surface area contributed by atoms with Gasteiger partial charge in [0, 0.05) is 44.0 Å². The summed E-state index contributed by atoms with van der Waals surface area (Å²) in [5.41, 5.74) is 13.2. The number of benzene rings is 6. The molecule has 2 aromatic heterocycles. The molecule has 3 heterocycles. The van der Waals surface area contributed by atoms with Gasteiger partial charge in [0.05, 0.1) is 0 Å². The molecule has 6 aromatic carbocycles. The van der Waals surface area contributed by atoms with Crippen molar-refractivity contribution in [1.29, 1.82) is 0 Å². The van der Waals surface area contributed by atoms with Crippen molar-refractivity contribution in [3.8, 4) is 28.1 Å². The topological polar surface area (TPSA) is 24.3 Å².